The molecule has 0 aliphatic carbocycles. The Morgan fingerprint density at radius 2 is 1.78 bits per heavy atom. The smallest absolute Gasteiger partial charge is 0.260 e. The van der Waals surface area contributed by atoms with Gasteiger partial charge in [0.1, 0.15) is 5.75 Å². The number of ether oxygens (including phenoxy) is 1. The van der Waals surface area contributed by atoms with Crippen LogP contribution < -0.4 is 10.1 Å². The predicted molar refractivity (Wildman–Crippen MR) is 104 cm³/mol. The molecule has 0 heterocycles. The Bertz CT molecular complexity index is 861. The van der Waals surface area contributed by atoms with Gasteiger partial charge in [0, 0.05) is 26.1 Å². The molecule has 0 aliphatic rings. The van der Waals surface area contributed by atoms with Gasteiger partial charge in [-0.3, -0.25) is 14.4 Å². The van der Waals surface area contributed by atoms with Crippen LogP contribution in [0.3, 0.4) is 0 Å². The largest absolute Gasteiger partial charge is 0.482 e. The zero-order valence-corrected chi connectivity index (χ0v) is 16.0. The first-order chi connectivity index (χ1) is 12.8. The fourth-order valence-corrected chi connectivity index (χ4v) is 2.53. The minimum absolute atomic E-state index is 0.128. The Hall–Kier alpha value is -3.15. The molecule has 2 aromatic carbocycles. The highest BCUT2D eigenvalue weighted by Gasteiger charge is 2.14. The molecule has 0 bridgehead atoms. The van der Waals surface area contributed by atoms with Crippen LogP contribution in [-0.4, -0.2) is 36.2 Å². The zero-order valence-electron chi connectivity index (χ0n) is 16.0. The second-order valence-corrected chi connectivity index (χ2v) is 6.41. The third kappa shape index (κ3) is 5.67. The number of Topliss-reactive ketones (excluding diaryl/α,β-unsaturated/α-hetero) is 1. The maximum Gasteiger partial charge on any atom is 0.260 e. The van der Waals surface area contributed by atoms with Gasteiger partial charge in [0.2, 0.25) is 5.91 Å². The molecule has 0 saturated heterocycles. The SMILES string of the molecule is CC(=O)Nc1ccc(C(C)=O)cc1OCC(=O)N(C)Cc1ccccc1C. The van der Waals surface area contributed by atoms with E-state index in [4.69, 9.17) is 4.74 Å². The van der Waals surface area contributed by atoms with Crippen molar-refractivity contribution >= 4 is 23.3 Å². The lowest BCUT2D eigenvalue weighted by molar-refractivity contribution is -0.132. The molecule has 2 aromatic rings. The first-order valence-electron chi connectivity index (χ1n) is 8.61. The average molecular weight is 368 g/mol. The molecule has 27 heavy (non-hydrogen) atoms. The summed E-state index contributed by atoms with van der Waals surface area (Å²) in [5.41, 5.74) is 3.03. The number of amides is 2. The van der Waals surface area contributed by atoms with Crippen molar-refractivity contribution in [1.29, 1.82) is 0 Å². The minimum Gasteiger partial charge on any atom is -0.482 e. The summed E-state index contributed by atoms with van der Waals surface area (Å²) in [5, 5.41) is 2.64. The van der Waals surface area contributed by atoms with Crippen LogP contribution in [0.15, 0.2) is 42.5 Å². The second-order valence-electron chi connectivity index (χ2n) is 6.41. The maximum absolute atomic E-state index is 12.4. The molecule has 0 spiro atoms. The number of nitrogens with one attached hydrogen (secondary N) is 1. The molecule has 6 nitrogen and oxygen atoms in total. The van der Waals surface area contributed by atoms with Gasteiger partial charge in [0.05, 0.1) is 5.69 Å². The summed E-state index contributed by atoms with van der Waals surface area (Å²) >= 11 is 0. The molecule has 0 fully saturated rings. The molecule has 0 unspecified atom stereocenters. The van der Waals surface area contributed by atoms with Crippen LogP contribution >= 0.6 is 0 Å². The number of likely N-dealkylation sites (N-methyl/N-ethyl adjacent to an activating group) is 1. The third-order valence-electron chi connectivity index (χ3n) is 4.14. The minimum atomic E-state index is -0.265. The van der Waals surface area contributed by atoms with Crippen LogP contribution in [0.4, 0.5) is 5.69 Å². The lowest BCUT2D eigenvalue weighted by Crippen LogP contribution is -2.31. The number of nitrogens with zero attached hydrogens (tertiary/aromatic N) is 1. The van der Waals surface area contributed by atoms with Gasteiger partial charge in [-0.2, -0.15) is 0 Å². The highest BCUT2D eigenvalue weighted by Crippen LogP contribution is 2.26. The van der Waals surface area contributed by atoms with Gasteiger partial charge in [0.15, 0.2) is 12.4 Å². The molecule has 0 aliphatic heterocycles. The van der Waals surface area contributed by atoms with Crippen molar-refractivity contribution in [2.75, 3.05) is 19.0 Å². The Labute approximate surface area is 159 Å². The van der Waals surface area contributed by atoms with Gasteiger partial charge < -0.3 is 15.0 Å². The van der Waals surface area contributed by atoms with Gasteiger partial charge in [-0.1, -0.05) is 24.3 Å². The average Bonchev–Trinajstić information content (AvgIpc) is 2.61. The normalized spacial score (nSPS) is 10.2. The van der Waals surface area contributed by atoms with Crippen molar-refractivity contribution in [2.45, 2.75) is 27.3 Å². The lowest BCUT2D eigenvalue weighted by atomic mass is 10.1. The quantitative estimate of drug-likeness (QED) is 0.762. The number of hydrogen-bond acceptors (Lipinski definition) is 4. The molecule has 0 saturated carbocycles. The molecule has 0 aromatic heterocycles. The Morgan fingerprint density at radius 1 is 1.07 bits per heavy atom. The monoisotopic (exact) mass is 368 g/mol. The van der Waals surface area contributed by atoms with E-state index in [1.165, 1.54) is 19.9 Å². The van der Waals surface area contributed by atoms with Crippen molar-refractivity contribution in [1.82, 2.24) is 4.90 Å². The Morgan fingerprint density at radius 3 is 2.41 bits per heavy atom. The van der Waals surface area contributed by atoms with Crippen molar-refractivity contribution in [2.24, 2.45) is 0 Å². The standard InChI is InChI=1S/C21H24N2O4/c1-14-7-5-6-8-18(14)12-23(4)21(26)13-27-20-11-17(15(2)24)9-10-19(20)22-16(3)25/h5-11H,12-13H2,1-4H3,(H,22,25). The van der Waals surface area contributed by atoms with E-state index in [1.54, 1.807) is 24.1 Å². The Kier molecular flexibility index (Phi) is 6.71. The lowest BCUT2D eigenvalue weighted by Gasteiger charge is -2.19. The molecule has 1 N–H and O–H groups in total. The van der Waals surface area contributed by atoms with E-state index in [9.17, 15) is 14.4 Å². The van der Waals surface area contributed by atoms with E-state index in [0.29, 0.717) is 17.8 Å². The highest BCUT2D eigenvalue weighted by molar-refractivity contribution is 5.96. The van der Waals surface area contributed by atoms with Crippen molar-refractivity contribution in [3.8, 4) is 5.75 Å². The molecule has 2 rings (SSSR count). The molecule has 2 amide bonds. The van der Waals surface area contributed by atoms with E-state index in [-0.39, 0.29) is 30.0 Å². The summed E-state index contributed by atoms with van der Waals surface area (Å²) in [6.45, 7) is 5.09. The van der Waals surface area contributed by atoms with Crippen molar-refractivity contribution < 1.29 is 19.1 Å². The van der Waals surface area contributed by atoms with E-state index in [0.717, 1.165) is 11.1 Å². The maximum atomic E-state index is 12.4. The summed E-state index contributed by atoms with van der Waals surface area (Å²) in [6.07, 6.45) is 0. The van der Waals surface area contributed by atoms with E-state index >= 15 is 0 Å². The zero-order chi connectivity index (χ0) is 20.0. The van der Waals surface area contributed by atoms with Crippen molar-refractivity contribution in [3.63, 3.8) is 0 Å². The fraction of sp³-hybridized carbons (Fsp3) is 0.286. The van der Waals surface area contributed by atoms with Crippen LogP contribution in [0.5, 0.6) is 5.75 Å². The van der Waals surface area contributed by atoms with Crippen LogP contribution in [0.25, 0.3) is 0 Å². The van der Waals surface area contributed by atoms with E-state index < -0.39 is 0 Å². The van der Waals surface area contributed by atoms with Crippen LogP contribution in [0.1, 0.15) is 35.3 Å². The van der Waals surface area contributed by atoms with Gasteiger partial charge in [0.25, 0.3) is 5.91 Å². The molecule has 6 heteroatoms. The number of rotatable bonds is 7. The molecule has 142 valence electrons. The number of ketones is 1. The summed E-state index contributed by atoms with van der Waals surface area (Å²) in [5.74, 6) is -0.313. The van der Waals surface area contributed by atoms with Crippen LogP contribution in [0.2, 0.25) is 0 Å². The van der Waals surface area contributed by atoms with Gasteiger partial charge in [-0.15, -0.1) is 0 Å². The van der Waals surface area contributed by atoms with Gasteiger partial charge in [-0.25, -0.2) is 0 Å². The molecule has 0 atom stereocenters. The summed E-state index contributed by atoms with van der Waals surface area (Å²) in [4.78, 5) is 37.0. The highest BCUT2D eigenvalue weighted by atomic mass is 16.5. The van der Waals surface area contributed by atoms with Gasteiger partial charge in [-0.05, 0) is 43.2 Å². The molecular formula is C21H24N2O4. The third-order valence-corrected chi connectivity index (χ3v) is 4.14. The second kappa shape index (κ2) is 8.98. The van der Waals surface area contributed by atoms with Crippen LogP contribution in [0, 0.1) is 6.92 Å². The summed E-state index contributed by atoms with van der Waals surface area (Å²) < 4.78 is 5.62. The number of aryl methyl sites for hydroxylation is 1. The Balaban J connectivity index is 2.08. The van der Waals surface area contributed by atoms with E-state index in [1.807, 2.05) is 31.2 Å². The van der Waals surface area contributed by atoms with Gasteiger partial charge >= 0.3 is 0 Å². The first kappa shape index (κ1) is 20.2. The predicted octanol–water partition coefficient (Wildman–Crippen LogP) is 3.19. The molecular weight excluding hydrogens is 344 g/mol. The number of carbonyl (C=O) groups is 3. The van der Waals surface area contributed by atoms with E-state index in [2.05, 4.69) is 5.32 Å². The first-order valence-corrected chi connectivity index (χ1v) is 8.61. The molecule has 0 radical (unpaired) electrons. The number of anilines is 1. The number of carbonyl (C=O) groups excluding carboxylic acids is 3. The number of benzene rings is 2. The summed E-state index contributed by atoms with van der Waals surface area (Å²) in [6, 6.07) is 12.6. The summed E-state index contributed by atoms with van der Waals surface area (Å²) in [7, 11) is 1.71. The topological polar surface area (TPSA) is 75.7 Å². The fourth-order valence-electron chi connectivity index (χ4n) is 2.53. The van der Waals surface area contributed by atoms with Crippen LogP contribution in [-0.2, 0) is 16.1 Å². The number of hydrogen-bond donors (Lipinski definition) is 1. The van der Waals surface area contributed by atoms with Crippen molar-refractivity contribution in [3.05, 3.63) is 59.2 Å².